The number of fused-ring (bicyclic) bond motifs is 1. The third-order valence-corrected chi connectivity index (χ3v) is 4.09. The highest BCUT2D eigenvalue weighted by Gasteiger charge is 2.42. The maximum Gasteiger partial charge on any atom is 0.126 e. The lowest BCUT2D eigenvalue weighted by molar-refractivity contribution is -0.0591. The molecule has 2 aliphatic rings. The van der Waals surface area contributed by atoms with Crippen LogP contribution in [0.5, 0.6) is 5.75 Å². The van der Waals surface area contributed by atoms with E-state index in [9.17, 15) is 4.39 Å². The zero-order valence-electron chi connectivity index (χ0n) is 11.2. The number of piperidine rings is 1. The van der Waals surface area contributed by atoms with Crippen molar-refractivity contribution in [1.82, 2.24) is 5.32 Å². The third kappa shape index (κ3) is 2.47. The molecule has 0 amide bonds. The van der Waals surface area contributed by atoms with Gasteiger partial charge in [0.25, 0.3) is 0 Å². The lowest BCUT2D eigenvalue weighted by Gasteiger charge is -2.44. The summed E-state index contributed by atoms with van der Waals surface area (Å²) >= 11 is 0. The Morgan fingerprint density at radius 1 is 1.42 bits per heavy atom. The summed E-state index contributed by atoms with van der Waals surface area (Å²) in [6, 6.07) is 4.74. The van der Waals surface area contributed by atoms with Crippen molar-refractivity contribution in [3.05, 3.63) is 29.6 Å². The molecule has 0 unspecified atom stereocenters. The number of hydrogen-bond donors (Lipinski definition) is 1. The van der Waals surface area contributed by atoms with Crippen molar-refractivity contribution in [3.63, 3.8) is 0 Å². The number of ether oxygens (including phenoxy) is 2. The van der Waals surface area contributed by atoms with Gasteiger partial charge in [0.1, 0.15) is 17.2 Å². The quantitative estimate of drug-likeness (QED) is 0.892. The first kappa shape index (κ1) is 12.9. The van der Waals surface area contributed by atoms with Gasteiger partial charge in [-0.3, -0.25) is 0 Å². The van der Waals surface area contributed by atoms with E-state index < -0.39 is 0 Å². The van der Waals surface area contributed by atoms with Gasteiger partial charge in [0.2, 0.25) is 0 Å². The molecule has 104 valence electrons. The molecule has 19 heavy (non-hydrogen) atoms. The van der Waals surface area contributed by atoms with Gasteiger partial charge in [0.05, 0.1) is 6.10 Å². The van der Waals surface area contributed by atoms with Gasteiger partial charge in [0, 0.05) is 18.6 Å². The first-order chi connectivity index (χ1) is 9.22. The lowest BCUT2D eigenvalue weighted by Crippen LogP contribution is -2.49. The molecule has 4 heteroatoms. The predicted octanol–water partition coefficient (Wildman–Crippen LogP) is 2.81. The van der Waals surface area contributed by atoms with Gasteiger partial charge in [-0.1, -0.05) is 0 Å². The highest BCUT2D eigenvalue weighted by atomic mass is 19.1. The summed E-state index contributed by atoms with van der Waals surface area (Å²) in [5.74, 6) is 0.557. The summed E-state index contributed by atoms with van der Waals surface area (Å²) in [6.07, 6.45) is 2.72. The summed E-state index contributed by atoms with van der Waals surface area (Å²) in [5.41, 5.74) is 0.710. The van der Waals surface area contributed by atoms with Crippen LogP contribution in [0.15, 0.2) is 18.2 Å². The van der Waals surface area contributed by atoms with Crippen molar-refractivity contribution >= 4 is 0 Å². The smallest absolute Gasteiger partial charge is 0.126 e. The van der Waals surface area contributed by atoms with Crippen LogP contribution in [-0.2, 0) is 4.74 Å². The van der Waals surface area contributed by atoms with Crippen LogP contribution in [0.2, 0.25) is 0 Å². The van der Waals surface area contributed by atoms with E-state index in [2.05, 4.69) is 5.32 Å². The van der Waals surface area contributed by atoms with Crippen LogP contribution >= 0.6 is 0 Å². The Morgan fingerprint density at radius 2 is 2.21 bits per heavy atom. The Balaban J connectivity index is 1.94. The SMILES string of the molecule is CCO[C@@H]1CC2(CCNCC2)Oc2ccc(F)cc21. The van der Waals surface area contributed by atoms with E-state index in [0.29, 0.717) is 6.61 Å². The van der Waals surface area contributed by atoms with Crippen LogP contribution < -0.4 is 10.1 Å². The number of benzene rings is 1. The van der Waals surface area contributed by atoms with Crippen LogP contribution in [0.4, 0.5) is 4.39 Å². The Bertz CT molecular complexity index is 457. The minimum Gasteiger partial charge on any atom is -0.487 e. The van der Waals surface area contributed by atoms with Crippen molar-refractivity contribution in [2.75, 3.05) is 19.7 Å². The Labute approximate surface area is 113 Å². The monoisotopic (exact) mass is 265 g/mol. The second-order valence-corrected chi connectivity index (χ2v) is 5.37. The fourth-order valence-corrected chi connectivity index (χ4v) is 3.13. The van der Waals surface area contributed by atoms with E-state index in [4.69, 9.17) is 9.47 Å². The minimum atomic E-state index is -0.228. The number of nitrogens with one attached hydrogen (secondary N) is 1. The van der Waals surface area contributed by atoms with Gasteiger partial charge in [-0.25, -0.2) is 4.39 Å². The van der Waals surface area contributed by atoms with Crippen molar-refractivity contribution in [1.29, 1.82) is 0 Å². The number of hydrogen-bond acceptors (Lipinski definition) is 3. The molecule has 1 fully saturated rings. The highest BCUT2D eigenvalue weighted by molar-refractivity contribution is 5.39. The van der Waals surface area contributed by atoms with E-state index in [1.807, 2.05) is 6.92 Å². The normalized spacial score (nSPS) is 24.8. The molecular weight excluding hydrogens is 245 g/mol. The van der Waals surface area contributed by atoms with E-state index in [0.717, 1.165) is 43.7 Å². The summed E-state index contributed by atoms with van der Waals surface area (Å²) in [4.78, 5) is 0. The second-order valence-electron chi connectivity index (χ2n) is 5.37. The molecule has 2 aliphatic heterocycles. The maximum absolute atomic E-state index is 13.4. The summed E-state index contributed by atoms with van der Waals surface area (Å²) in [6.45, 7) is 4.54. The molecule has 1 aromatic rings. The molecule has 1 spiro atoms. The van der Waals surface area contributed by atoms with Crippen molar-refractivity contribution in [2.24, 2.45) is 0 Å². The fourth-order valence-electron chi connectivity index (χ4n) is 3.13. The Morgan fingerprint density at radius 3 is 2.95 bits per heavy atom. The molecule has 0 aliphatic carbocycles. The molecule has 0 radical (unpaired) electrons. The van der Waals surface area contributed by atoms with Gasteiger partial charge in [-0.05, 0) is 51.1 Å². The molecule has 1 atom stereocenters. The van der Waals surface area contributed by atoms with Gasteiger partial charge in [-0.15, -0.1) is 0 Å². The second kappa shape index (κ2) is 5.10. The topological polar surface area (TPSA) is 30.5 Å². The molecular formula is C15H20FNO2. The van der Waals surface area contributed by atoms with Crippen LogP contribution in [0.1, 0.15) is 37.9 Å². The molecule has 0 saturated carbocycles. The number of rotatable bonds is 2. The molecule has 2 heterocycles. The minimum absolute atomic E-state index is 0.0532. The average molecular weight is 265 g/mol. The predicted molar refractivity (Wildman–Crippen MR) is 70.8 cm³/mol. The fraction of sp³-hybridized carbons (Fsp3) is 0.600. The molecule has 1 saturated heterocycles. The van der Waals surface area contributed by atoms with E-state index in [-0.39, 0.29) is 17.5 Å². The van der Waals surface area contributed by atoms with Crippen LogP contribution in [-0.4, -0.2) is 25.3 Å². The van der Waals surface area contributed by atoms with Crippen LogP contribution in [0.25, 0.3) is 0 Å². The van der Waals surface area contributed by atoms with E-state index in [1.54, 1.807) is 12.1 Å². The molecule has 0 bridgehead atoms. The van der Waals surface area contributed by atoms with E-state index in [1.165, 1.54) is 6.07 Å². The third-order valence-electron chi connectivity index (χ3n) is 4.09. The summed E-state index contributed by atoms with van der Waals surface area (Å²) in [5, 5.41) is 3.36. The van der Waals surface area contributed by atoms with Crippen LogP contribution in [0.3, 0.4) is 0 Å². The largest absolute Gasteiger partial charge is 0.487 e. The van der Waals surface area contributed by atoms with Crippen molar-refractivity contribution in [3.8, 4) is 5.75 Å². The highest BCUT2D eigenvalue weighted by Crippen LogP contribution is 2.45. The first-order valence-corrected chi connectivity index (χ1v) is 7.03. The Kier molecular flexibility index (Phi) is 3.46. The van der Waals surface area contributed by atoms with Crippen LogP contribution in [0, 0.1) is 5.82 Å². The first-order valence-electron chi connectivity index (χ1n) is 7.03. The molecule has 3 rings (SSSR count). The van der Waals surface area contributed by atoms with E-state index >= 15 is 0 Å². The zero-order valence-corrected chi connectivity index (χ0v) is 11.2. The number of halogens is 1. The Hall–Kier alpha value is -1.13. The van der Waals surface area contributed by atoms with Crippen molar-refractivity contribution < 1.29 is 13.9 Å². The molecule has 0 aromatic heterocycles. The summed E-state index contributed by atoms with van der Waals surface area (Å²) in [7, 11) is 0. The summed E-state index contributed by atoms with van der Waals surface area (Å²) < 4.78 is 25.5. The molecule has 1 aromatic carbocycles. The molecule has 3 nitrogen and oxygen atoms in total. The lowest BCUT2D eigenvalue weighted by atomic mass is 9.82. The van der Waals surface area contributed by atoms with Gasteiger partial charge in [0.15, 0.2) is 0 Å². The maximum atomic E-state index is 13.4. The van der Waals surface area contributed by atoms with Crippen molar-refractivity contribution in [2.45, 2.75) is 37.9 Å². The van der Waals surface area contributed by atoms with Gasteiger partial charge < -0.3 is 14.8 Å². The molecule has 1 N–H and O–H groups in total. The zero-order chi connectivity index (χ0) is 13.3. The van der Waals surface area contributed by atoms with Gasteiger partial charge in [-0.2, -0.15) is 0 Å². The van der Waals surface area contributed by atoms with Gasteiger partial charge >= 0.3 is 0 Å². The standard InChI is InChI=1S/C15H20FNO2/c1-2-18-14-10-15(5-7-17-8-6-15)19-13-4-3-11(16)9-12(13)14/h3-4,9,14,17H,2,5-8,10H2,1H3/t14-/m1/s1. The average Bonchev–Trinajstić information content (AvgIpc) is 2.41.